The molecule has 0 amide bonds. The van der Waals surface area contributed by atoms with Crippen LogP contribution >= 0.6 is 0 Å². The van der Waals surface area contributed by atoms with Crippen molar-refractivity contribution < 1.29 is 10.2 Å². The van der Waals surface area contributed by atoms with Crippen LogP contribution in [0.3, 0.4) is 0 Å². The van der Waals surface area contributed by atoms with E-state index >= 15 is 0 Å². The third-order valence-corrected chi connectivity index (χ3v) is 2.25. The van der Waals surface area contributed by atoms with Crippen molar-refractivity contribution in [3.8, 4) is 0 Å². The van der Waals surface area contributed by atoms with E-state index in [1.807, 2.05) is 0 Å². The Kier molecular flexibility index (Phi) is 2.87. The molecular weight excluding hydrogens is 142 g/mol. The molecule has 0 aromatic carbocycles. The molecule has 0 bridgehead atoms. The Morgan fingerprint density at radius 2 is 2.27 bits per heavy atom. The number of β-amino-alcohol motifs (C(OH)–C–C–N with tert-alkyl or cyclic N) is 1. The molecule has 1 fully saturated rings. The van der Waals surface area contributed by atoms with Gasteiger partial charge in [0.25, 0.3) is 0 Å². The number of nitrogens with zero attached hydrogens (tertiary/aromatic N) is 1. The van der Waals surface area contributed by atoms with Gasteiger partial charge in [0, 0.05) is 13.1 Å². The van der Waals surface area contributed by atoms with E-state index in [4.69, 9.17) is 5.11 Å². The summed E-state index contributed by atoms with van der Waals surface area (Å²) in [5, 5.41) is 18.4. The molecule has 1 rings (SSSR count). The fourth-order valence-electron chi connectivity index (χ4n) is 1.58. The number of hydrogen-bond donors (Lipinski definition) is 2. The lowest BCUT2D eigenvalue weighted by Crippen LogP contribution is -2.36. The molecular formula is C8H17NO2. The predicted molar refractivity (Wildman–Crippen MR) is 43.4 cm³/mol. The van der Waals surface area contributed by atoms with Crippen molar-refractivity contribution in [1.82, 2.24) is 4.90 Å². The van der Waals surface area contributed by atoms with Crippen LogP contribution < -0.4 is 0 Å². The third kappa shape index (κ3) is 2.15. The van der Waals surface area contributed by atoms with Gasteiger partial charge < -0.3 is 15.1 Å². The predicted octanol–water partition coefficient (Wildman–Crippen LogP) is -0.174. The summed E-state index contributed by atoms with van der Waals surface area (Å²) < 4.78 is 0. The summed E-state index contributed by atoms with van der Waals surface area (Å²) in [5.41, 5.74) is -0.810. The van der Waals surface area contributed by atoms with Crippen LogP contribution in [0, 0.1) is 0 Å². The minimum atomic E-state index is -0.810. The first-order chi connectivity index (χ1) is 5.20. The zero-order valence-corrected chi connectivity index (χ0v) is 7.08. The maximum Gasteiger partial charge on any atom is 0.101 e. The summed E-state index contributed by atoms with van der Waals surface area (Å²) in [4.78, 5) is 2.19. The molecule has 3 heteroatoms. The normalized spacial score (nSPS) is 33.0. The zero-order valence-electron chi connectivity index (χ0n) is 7.08. The van der Waals surface area contributed by atoms with Gasteiger partial charge in [-0.1, -0.05) is 6.92 Å². The molecule has 1 saturated heterocycles. The summed E-state index contributed by atoms with van der Waals surface area (Å²) in [7, 11) is 0. The molecule has 2 N–H and O–H groups in total. The maximum atomic E-state index is 9.61. The van der Waals surface area contributed by atoms with Crippen LogP contribution in [0.15, 0.2) is 0 Å². The topological polar surface area (TPSA) is 43.7 Å². The molecule has 1 unspecified atom stereocenters. The minimum Gasteiger partial charge on any atom is -0.393 e. The molecule has 11 heavy (non-hydrogen) atoms. The molecule has 0 spiro atoms. The van der Waals surface area contributed by atoms with Gasteiger partial charge in [0.2, 0.25) is 0 Å². The van der Waals surface area contributed by atoms with Gasteiger partial charge in [0.05, 0.1) is 6.61 Å². The SMILES string of the molecule is CCCN1CCC(O)(CO)C1. The van der Waals surface area contributed by atoms with Crippen LogP contribution in [0.25, 0.3) is 0 Å². The molecule has 0 radical (unpaired) electrons. The van der Waals surface area contributed by atoms with Gasteiger partial charge in [-0.25, -0.2) is 0 Å². The molecule has 1 heterocycles. The Bertz CT molecular complexity index is 129. The summed E-state index contributed by atoms with van der Waals surface area (Å²) in [5.74, 6) is 0. The van der Waals surface area contributed by atoms with Crippen LogP contribution in [0.5, 0.6) is 0 Å². The van der Waals surface area contributed by atoms with E-state index < -0.39 is 5.60 Å². The van der Waals surface area contributed by atoms with Gasteiger partial charge >= 0.3 is 0 Å². The van der Waals surface area contributed by atoms with Crippen LogP contribution in [0.1, 0.15) is 19.8 Å². The number of rotatable bonds is 3. The van der Waals surface area contributed by atoms with Crippen LogP contribution in [0.4, 0.5) is 0 Å². The smallest absolute Gasteiger partial charge is 0.101 e. The molecule has 0 saturated carbocycles. The Balaban J connectivity index is 2.33. The highest BCUT2D eigenvalue weighted by atomic mass is 16.3. The Labute approximate surface area is 67.6 Å². The monoisotopic (exact) mass is 159 g/mol. The van der Waals surface area contributed by atoms with Gasteiger partial charge in [0.1, 0.15) is 5.60 Å². The van der Waals surface area contributed by atoms with Crippen molar-refractivity contribution >= 4 is 0 Å². The van der Waals surface area contributed by atoms with E-state index in [1.54, 1.807) is 0 Å². The quantitative estimate of drug-likeness (QED) is 0.600. The van der Waals surface area contributed by atoms with E-state index in [-0.39, 0.29) is 6.61 Å². The van der Waals surface area contributed by atoms with E-state index in [0.29, 0.717) is 13.0 Å². The first-order valence-electron chi connectivity index (χ1n) is 4.26. The average molecular weight is 159 g/mol. The van der Waals surface area contributed by atoms with Gasteiger partial charge in [0.15, 0.2) is 0 Å². The van der Waals surface area contributed by atoms with Gasteiger partial charge in [-0.05, 0) is 19.4 Å². The van der Waals surface area contributed by atoms with Crippen LogP contribution in [-0.2, 0) is 0 Å². The first kappa shape index (κ1) is 8.97. The summed E-state index contributed by atoms with van der Waals surface area (Å²) in [6, 6.07) is 0. The highest BCUT2D eigenvalue weighted by molar-refractivity contribution is 4.88. The third-order valence-electron chi connectivity index (χ3n) is 2.25. The number of likely N-dealkylation sites (tertiary alicyclic amines) is 1. The molecule has 1 aliphatic heterocycles. The number of aliphatic hydroxyl groups is 2. The lowest BCUT2D eigenvalue weighted by atomic mass is 10.1. The van der Waals surface area contributed by atoms with Crippen molar-refractivity contribution in [3.63, 3.8) is 0 Å². The Morgan fingerprint density at radius 1 is 1.55 bits per heavy atom. The molecule has 3 nitrogen and oxygen atoms in total. The van der Waals surface area contributed by atoms with E-state index in [1.165, 1.54) is 0 Å². The second-order valence-electron chi connectivity index (χ2n) is 3.41. The standard InChI is InChI=1S/C8H17NO2/c1-2-4-9-5-3-8(11,6-9)7-10/h10-11H,2-7H2,1H3. The summed E-state index contributed by atoms with van der Waals surface area (Å²) in [6.07, 6.45) is 1.82. The Morgan fingerprint density at radius 3 is 2.73 bits per heavy atom. The molecule has 66 valence electrons. The molecule has 1 aliphatic rings. The molecule has 1 atom stereocenters. The van der Waals surface area contributed by atoms with Crippen molar-refractivity contribution in [3.05, 3.63) is 0 Å². The second kappa shape index (κ2) is 3.52. The fraction of sp³-hybridized carbons (Fsp3) is 1.00. The lowest BCUT2D eigenvalue weighted by molar-refractivity contribution is -0.00522. The minimum absolute atomic E-state index is 0.104. The summed E-state index contributed by atoms with van der Waals surface area (Å²) in [6.45, 7) is 4.61. The van der Waals surface area contributed by atoms with Gasteiger partial charge in [-0.2, -0.15) is 0 Å². The number of aliphatic hydroxyl groups excluding tert-OH is 1. The van der Waals surface area contributed by atoms with Crippen molar-refractivity contribution in [2.45, 2.75) is 25.4 Å². The van der Waals surface area contributed by atoms with E-state index in [0.717, 1.165) is 19.5 Å². The van der Waals surface area contributed by atoms with Crippen molar-refractivity contribution in [1.29, 1.82) is 0 Å². The highest BCUT2D eigenvalue weighted by Crippen LogP contribution is 2.20. The summed E-state index contributed by atoms with van der Waals surface area (Å²) >= 11 is 0. The van der Waals surface area contributed by atoms with Gasteiger partial charge in [-0.15, -0.1) is 0 Å². The second-order valence-corrected chi connectivity index (χ2v) is 3.41. The molecule has 0 aromatic heterocycles. The van der Waals surface area contributed by atoms with Gasteiger partial charge in [-0.3, -0.25) is 0 Å². The average Bonchev–Trinajstić information content (AvgIpc) is 2.35. The molecule has 0 aromatic rings. The lowest BCUT2D eigenvalue weighted by Gasteiger charge is -2.20. The zero-order chi connectivity index (χ0) is 8.32. The van der Waals surface area contributed by atoms with Crippen molar-refractivity contribution in [2.75, 3.05) is 26.2 Å². The first-order valence-corrected chi connectivity index (χ1v) is 4.26. The fourth-order valence-corrected chi connectivity index (χ4v) is 1.58. The van der Waals surface area contributed by atoms with Crippen molar-refractivity contribution in [2.24, 2.45) is 0 Å². The highest BCUT2D eigenvalue weighted by Gasteiger charge is 2.34. The number of hydrogen-bond acceptors (Lipinski definition) is 3. The maximum absolute atomic E-state index is 9.61. The van der Waals surface area contributed by atoms with E-state index in [2.05, 4.69) is 11.8 Å². The van der Waals surface area contributed by atoms with Crippen LogP contribution in [-0.4, -0.2) is 47.0 Å². The largest absolute Gasteiger partial charge is 0.393 e. The van der Waals surface area contributed by atoms with Crippen LogP contribution in [0.2, 0.25) is 0 Å². The molecule has 0 aliphatic carbocycles. The van der Waals surface area contributed by atoms with E-state index in [9.17, 15) is 5.11 Å². The Hall–Kier alpha value is -0.120.